The van der Waals surface area contributed by atoms with Gasteiger partial charge in [0, 0.05) is 50.0 Å². The van der Waals surface area contributed by atoms with Crippen molar-refractivity contribution in [3.05, 3.63) is 119 Å². The van der Waals surface area contributed by atoms with Crippen LogP contribution < -0.4 is 54.8 Å². The summed E-state index contributed by atoms with van der Waals surface area (Å²) in [6, 6.07) is 12.1. The van der Waals surface area contributed by atoms with Crippen LogP contribution in [0.2, 0.25) is 0 Å². The zero-order valence-corrected chi connectivity index (χ0v) is 61.0. The molecular weight excluding hydrogens is 1400 g/mol. The molecule has 580 valence electrons. The van der Waals surface area contributed by atoms with Gasteiger partial charge in [-0.05, 0) is 113 Å². The van der Waals surface area contributed by atoms with Crippen molar-refractivity contribution in [2.24, 2.45) is 5.92 Å². The van der Waals surface area contributed by atoms with Gasteiger partial charge in [0.2, 0.25) is 24.0 Å². The number of hydrogen-bond acceptors (Lipinski definition) is 24. The number of methoxy groups -OCH3 is 3. The number of anilines is 3. The van der Waals surface area contributed by atoms with E-state index in [0.29, 0.717) is 54.9 Å². The summed E-state index contributed by atoms with van der Waals surface area (Å²) in [5, 5.41) is 76.1. The summed E-state index contributed by atoms with van der Waals surface area (Å²) in [5.74, 6) is -4.98. The van der Waals surface area contributed by atoms with Crippen molar-refractivity contribution < 1.29 is 121 Å². The highest BCUT2D eigenvalue weighted by molar-refractivity contribution is 6.08. The number of nitrogens with one attached hydrogen (secondary N) is 4. The maximum Gasteiger partial charge on any atom is 0.416 e. The number of benzene rings is 4. The van der Waals surface area contributed by atoms with Crippen LogP contribution >= 0.6 is 0 Å². The molecule has 2 unspecified atom stereocenters. The molecule has 0 bridgehead atoms. The fourth-order valence-corrected chi connectivity index (χ4v) is 12.7. The molecule has 33 heteroatoms. The Morgan fingerprint density at radius 3 is 1.65 bits per heavy atom. The molecule has 5 aliphatic heterocycles. The maximum absolute atomic E-state index is 14.6. The number of rotatable bonds is 30. The maximum atomic E-state index is 14.6. The van der Waals surface area contributed by atoms with Crippen molar-refractivity contribution in [3.63, 3.8) is 0 Å². The first-order chi connectivity index (χ1) is 50.8. The van der Waals surface area contributed by atoms with Crippen molar-refractivity contribution in [2.45, 2.75) is 166 Å². The molecule has 4 aromatic carbocycles. The van der Waals surface area contributed by atoms with Crippen molar-refractivity contribution >= 4 is 70.7 Å². The van der Waals surface area contributed by atoms with E-state index in [0.717, 1.165) is 9.80 Å². The minimum absolute atomic E-state index is 0.0147. The van der Waals surface area contributed by atoms with Crippen molar-refractivity contribution in [1.29, 1.82) is 0 Å². The molecule has 107 heavy (non-hydrogen) atoms. The Morgan fingerprint density at radius 2 is 1.15 bits per heavy atom. The van der Waals surface area contributed by atoms with Gasteiger partial charge in [0.25, 0.3) is 17.7 Å². The second-order valence-electron chi connectivity index (χ2n) is 27.8. The molecule has 0 saturated carbocycles. The lowest BCUT2D eigenvalue weighted by Gasteiger charge is -2.38. The largest absolute Gasteiger partial charge is 0.493 e. The number of carboxylic acids is 1. The predicted molar refractivity (Wildman–Crippen MR) is 381 cm³/mol. The lowest BCUT2D eigenvalue weighted by Crippen LogP contribution is -2.61. The third-order valence-electron chi connectivity index (χ3n) is 18.3. The standard InChI is InChI=1S/C74H94N8O25/c1-38(2)58(77-57(83)21-24-101-26-25-98-9)65(89)75-41(5)63(87)76-44-18-15-42(16-19-44)36-104-72(96)81-48-32-55(53(99-10)30-45(48)66(90)79-34-39(3)27-50(79)68(81)92)102-22-13-12-14-23-103-56-33-49-46(31-54(56)100-11)67(91)80-35-40(4)28-51(80)69(93)82(49)73(97)105-37-43-17-20-52(47(29-43)64(88)78-74(6,7)8)106-71-61(86)59(84)60(85)62(107-71)70(94)95/h15-20,29-33,38,41,50-51,58-62,68-69,71,84-86,92-93H,3-4,12-14,21-28,34-37H2,1-2,5-11H3,(H,75,89)(H,76,87)(H,77,83)(H,78,88)(H,94,95)/t41-,50-,51-,58-,59-,60-,61+,62-,68?,69?,71+/m0/s1. The lowest BCUT2D eigenvalue weighted by molar-refractivity contribution is -0.271. The summed E-state index contributed by atoms with van der Waals surface area (Å²) in [6.07, 6.45) is -13.6. The highest BCUT2D eigenvalue weighted by Crippen LogP contribution is 2.45. The van der Waals surface area contributed by atoms with Crippen LogP contribution in [0.1, 0.15) is 122 Å². The van der Waals surface area contributed by atoms with Gasteiger partial charge in [0.05, 0.1) is 87.4 Å². The average Bonchev–Trinajstić information content (AvgIpc) is 1.70. The SMILES string of the molecule is C=C1C[C@H]2C(O)N(C(=O)OCc3ccc(NC(=O)[C@H](C)NC(=O)[C@@H](NC(=O)CCOCCOC)C(C)C)cc3)c3cc(OCCCCCOc4cc5c(cc4OC)C(=O)N4CC(=C)C[C@H]4C(O)N5C(=O)OCc4ccc(O[C@@H]5O[C@H](C(=O)O)[C@@H](O)[C@H](O)[C@H]5O)c(C(=O)NC(C)(C)C)c4)c(OC)cc3C(=O)N2C1. The average molecular weight is 1500 g/mol. The van der Waals surface area contributed by atoms with E-state index in [1.165, 1.54) is 80.5 Å². The van der Waals surface area contributed by atoms with Gasteiger partial charge in [-0.25, -0.2) is 24.2 Å². The van der Waals surface area contributed by atoms with Crippen LogP contribution in [-0.4, -0.2) is 234 Å². The summed E-state index contributed by atoms with van der Waals surface area (Å²) in [7, 11) is 4.28. The number of aliphatic hydroxyl groups excluding tert-OH is 5. The third-order valence-corrected chi connectivity index (χ3v) is 18.3. The van der Waals surface area contributed by atoms with Gasteiger partial charge in [0.1, 0.15) is 49.4 Å². The molecule has 0 radical (unpaired) electrons. The van der Waals surface area contributed by atoms with E-state index in [1.54, 1.807) is 58.9 Å². The van der Waals surface area contributed by atoms with E-state index >= 15 is 0 Å². The third kappa shape index (κ3) is 19.4. The van der Waals surface area contributed by atoms with Crippen molar-refractivity contribution in [3.8, 4) is 28.7 Å². The molecule has 9 rings (SSSR count). The van der Waals surface area contributed by atoms with Crippen LogP contribution in [0.4, 0.5) is 26.7 Å². The summed E-state index contributed by atoms with van der Waals surface area (Å²) in [5.41, 5.74) is 1.17. The molecular formula is C74H94N8O25. The Balaban J connectivity index is 0.837. The Hall–Kier alpha value is -10.1. The summed E-state index contributed by atoms with van der Waals surface area (Å²) >= 11 is 0. The van der Waals surface area contributed by atoms with Crippen LogP contribution in [-0.2, 0) is 56.1 Å². The number of carboxylic acid groups (broad SMARTS) is 1. The van der Waals surface area contributed by atoms with Crippen molar-refractivity contribution in [1.82, 2.24) is 25.8 Å². The first kappa shape index (κ1) is 81.0. The number of aliphatic hydroxyl groups is 5. The van der Waals surface area contributed by atoms with E-state index in [2.05, 4.69) is 34.4 Å². The van der Waals surface area contributed by atoms with Gasteiger partial charge in [-0.3, -0.25) is 28.8 Å². The molecule has 3 fully saturated rings. The van der Waals surface area contributed by atoms with E-state index in [9.17, 15) is 73.8 Å². The number of aliphatic carboxylic acids is 1. The molecule has 4 aromatic rings. The van der Waals surface area contributed by atoms with E-state index in [1.807, 2.05) is 0 Å². The molecule has 0 aliphatic carbocycles. The fourth-order valence-electron chi connectivity index (χ4n) is 12.7. The fraction of sp³-hybridized carbons (Fsp3) is 0.500. The predicted octanol–water partition coefficient (Wildman–Crippen LogP) is 4.26. The van der Waals surface area contributed by atoms with Crippen LogP contribution in [0.25, 0.3) is 0 Å². The smallest absolute Gasteiger partial charge is 0.416 e. The van der Waals surface area contributed by atoms with Crippen LogP contribution in [0.3, 0.4) is 0 Å². The highest BCUT2D eigenvalue weighted by Gasteiger charge is 2.51. The number of ether oxygens (including phenoxy) is 10. The Labute approximate surface area is 617 Å². The van der Waals surface area contributed by atoms with Gasteiger partial charge in [-0.15, -0.1) is 0 Å². The summed E-state index contributed by atoms with van der Waals surface area (Å²) in [6.45, 7) is 18.5. The number of carbonyl (C=O) groups is 9. The second kappa shape index (κ2) is 35.5. The zero-order chi connectivity index (χ0) is 77.9. The molecule has 3 saturated heterocycles. The van der Waals surface area contributed by atoms with Gasteiger partial charge in [-0.1, -0.05) is 56.4 Å². The zero-order valence-electron chi connectivity index (χ0n) is 61.0. The number of nitrogens with zero attached hydrogens (tertiary/aromatic N) is 4. The number of fused-ring (bicyclic) bond motifs is 4. The van der Waals surface area contributed by atoms with Gasteiger partial charge >= 0.3 is 18.2 Å². The number of hydrogen-bond donors (Lipinski definition) is 10. The summed E-state index contributed by atoms with van der Waals surface area (Å²) < 4.78 is 57.0. The van der Waals surface area contributed by atoms with Crippen LogP contribution in [0.15, 0.2) is 91.0 Å². The molecule has 11 atom stereocenters. The van der Waals surface area contributed by atoms with E-state index in [-0.39, 0.29) is 127 Å². The van der Waals surface area contributed by atoms with E-state index < -0.39 is 133 Å². The topological polar surface area (TPSA) is 428 Å². The minimum atomic E-state index is -2.01. The Morgan fingerprint density at radius 1 is 0.617 bits per heavy atom. The number of amides is 8. The second-order valence-corrected chi connectivity index (χ2v) is 27.8. The van der Waals surface area contributed by atoms with Gasteiger partial charge in [0.15, 0.2) is 41.6 Å². The molecule has 10 N–H and O–H groups in total. The van der Waals surface area contributed by atoms with Crippen LogP contribution in [0.5, 0.6) is 28.7 Å². The van der Waals surface area contributed by atoms with Gasteiger partial charge < -0.3 is 109 Å². The summed E-state index contributed by atoms with van der Waals surface area (Å²) in [4.78, 5) is 127. The molecule has 5 aliphatic rings. The Bertz CT molecular complexity index is 3980. The molecule has 8 amide bonds. The van der Waals surface area contributed by atoms with E-state index in [4.69, 9.17) is 47.4 Å². The number of carbonyl (C=O) groups excluding carboxylic acids is 8. The number of unbranched alkanes of at least 4 members (excludes halogenated alkanes) is 2. The molecule has 0 aromatic heterocycles. The quantitative estimate of drug-likeness (QED) is 0.0257. The Kier molecular flexibility index (Phi) is 26.9. The monoisotopic (exact) mass is 1490 g/mol. The highest BCUT2D eigenvalue weighted by atomic mass is 16.7. The molecule has 5 heterocycles. The lowest BCUT2D eigenvalue weighted by atomic mass is 9.99. The van der Waals surface area contributed by atoms with Crippen molar-refractivity contribution in [2.75, 3.05) is 82.6 Å². The van der Waals surface area contributed by atoms with Gasteiger partial charge in [-0.2, -0.15) is 0 Å². The normalized spacial score (nSPS) is 21.7. The molecule has 0 spiro atoms. The van der Waals surface area contributed by atoms with Crippen LogP contribution in [0, 0.1) is 5.92 Å². The first-order valence-electron chi connectivity index (χ1n) is 34.9. The minimum Gasteiger partial charge on any atom is -0.493 e. The molecule has 33 nitrogen and oxygen atoms in total. The first-order valence-corrected chi connectivity index (χ1v) is 34.9.